The summed E-state index contributed by atoms with van der Waals surface area (Å²) >= 11 is 1.72. The molecule has 0 amide bonds. The highest BCUT2D eigenvalue weighted by atomic mass is 32.1. The molecule has 3 aromatic rings. The summed E-state index contributed by atoms with van der Waals surface area (Å²) in [5.74, 6) is 0.700. The maximum atomic E-state index is 8.96. The molecule has 0 bridgehead atoms. The van der Waals surface area contributed by atoms with Crippen molar-refractivity contribution in [1.82, 2.24) is 4.98 Å². The molecule has 0 saturated heterocycles. The lowest BCUT2D eigenvalue weighted by Gasteiger charge is -2.07. The first-order valence-electron chi connectivity index (χ1n) is 5.88. The first-order chi connectivity index (χ1) is 9.24. The number of hydrogen-bond donors (Lipinski definition) is 1. The van der Waals surface area contributed by atoms with Gasteiger partial charge < -0.3 is 5.32 Å². The van der Waals surface area contributed by atoms with Crippen molar-refractivity contribution in [2.45, 2.75) is 6.92 Å². The van der Waals surface area contributed by atoms with Gasteiger partial charge in [0.1, 0.15) is 5.82 Å². The number of hydrogen-bond acceptors (Lipinski definition) is 4. The van der Waals surface area contributed by atoms with Crippen LogP contribution in [0.3, 0.4) is 0 Å². The summed E-state index contributed by atoms with van der Waals surface area (Å²) in [5, 5.41) is 15.5. The van der Waals surface area contributed by atoms with Crippen LogP contribution in [0.5, 0.6) is 0 Å². The van der Waals surface area contributed by atoms with Gasteiger partial charge in [-0.25, -0.2) is 4.98 Å². The van der Waals surface area contributed by atoms with Crippen LogP contribution in [-0.2, 0) is 0 Å². The molecular formula is C15H11N3S. The second-order valence-corrected chi connectivity index (χ2v) is 5.24. The molecule has 0 fully saturated rings. The molecule has 2 heterocycles. The largest absolute Gasteiger partial charge is 0.340 e. The van der Waals surface area contributed by atoms with Gasteiger partial charge in [0.15, 0.2) is 0 Å². The summed E-state index contributed by atoms with van der Waals surface area (Å²) in [6, 6.07) is 14.0. The molecule has 0 aliphatic carbocycles. The highest BCUT2D eigenvalue weighted by Crippen LogP contribution is 2.25. The molecule has 92 valence electrons. The van der Waals surface area contributed by atoms with Crippen molar-refractivity contribution < 1.29 is 0 Å². The van der Waals surface area contributed by atoms with Gasteiger partial charge in [-0.3, -0.25) is 0 Å². The Hall–Kier alpha value is -2.38. The zero-order chi connectivity index (χ0) is 13.2. The number of aromatic nitrogens is 1. The van der Waals surface area contributed by atoms with Crippen LogP contribution in [0.4, 0.5) is 11.5 Å². The summed E-state index contributed by atoms with van der Waals surface area (Å²) in [4.78, 5) is 4.39. The molecule has 1 aromatic carbocycles. The molecular weight excluding hydrogens is 254 g/mol. The molecule has 0 unspecified atom stereocenters. The number of fused-ring (bicyclic) bond motifs is 1. The Morgan fingerprint density at radius 2 is 2.11 bits per heavy atom. The van der Waals surface area contributed by atoms with Crippen LogP contribution in [0.1, 0.15) is 11.3 Å². The van der Waals surface area contributed by atoms with E-state index in [0.717, 1.165) is 11.4 Å². The van der Waals surface area contributed by atoms with Crippen molar-refractivity contribution in [2.75, 3.05) is 5.32 Å². The Morgan fingerprint density at radius 3 is 2.95 bits per heavy atom. The lowest BCUT2D eigenvalue weighted by molar-refractivity contribution is 1.19. The Morgan fingerprint density at radius 1 is 1.21 bits per heavy atom. The molecule has 0 radical (unpaired) electrons. The van der Waals surface area contributed by atoms with Crippen molar-refractivity contribution in [3.05, 3.63) is 53.0 Å². The van der Waals surface area contributed by atoms with Gasteiger partial charge in [-0.05, 0) is 54.1 Å². The van der Waals surface area contributed by atoms with Crippen LogP contribution in [0.15, 0.2) is 41.8 Å². The third-order valence-corrected chi connectivity index (χ3v) is 3.71. The number of anilines is 2. The van der Waals surface area contributed by atoms with E-state index in [-0.39, 0.29) is 0 Å². The van der Waals surface area contributed by atoms with Crippen molar-refractivity contribution >= 4 is 32.9 Å². The van der Waals surface area contributed by atoms with E-state index in [2.05, 4.69) is 39.9 Å². The predicted octanol–water partition coefficient (Wildman–Crippen LogP) is 4.22. The zero-order valence-corrected chi connectivity index (χ0v) is 11.2. The molecule has 0 aliphatic heterocycles. The molecule has 19 heavy (non-hydrogen) atoms. The third kappa shape index (κ3) is 2.42. The van der Waals surface area contributed by atoms with E-state index in [0.29, 0.717) is 11.4 Å². The highest BCUT2D eigenvalue weighted by Gasteiger charge is 2.02. The van der Waals surface area contributed by atoms with Gasteiger partial charge in [-0.1, -0.05) is 0 Å². The second kappa shape index (κ2) is 4.71. The van der Waals surface area contributed by atoms with E-state index < -0.39 is 0 Å². The van der Waals surface area contributed by atoms with E-state index in [9.17, 15) is 0 Å². The third-order valence-electron chi connectivity index (χ3n) is 2.81. The number of benzene rings is 1. The molecule has 0 spiro atoms. The molecule has 2 aromatic heterocycles. The topological polar surface area (TPSA) is 48.7 Å². The second-order valence-electron chi connectivity index (χ2n) is 4.29. The van der Waals surface area contributed by atoms with Crippen LogP contribution in [-0.4, -0.2) is 4.98 Å². The fraction of sp³-hybridized carbons (Fsp3) is 0.0667. The number of thiophene rings is 1. The van der Waals surface area contributed by atoms with Crippen LogP contribution in [0.25, 0.3) is 10.1 Å². The van der Waals surface area contributed by atoms with Crippen molar-refractivity contribution in [1.29, 1.82) is 5.26 Å². The highest BCUT2D eigenvalue weighted by molar-refractivity contribution is 7.17. The normalized spacial score (nSPS) is 10.3. The molecule has 1 N–H and O–H groups in total. The van der Waals surface area contributed by atoms with E-state index in [1.54, 1.807) is 23.5 Å². The predicted molar refractivity (Wildman–Crippen MR) is 78.8 cm³/mol. The quantitative estimate of drug-likeness (QED) is 0.754. The maximum Gasteiger partial charge on any atom is 0.131 e. The summed E-state index contributed by atoms with van der Waals surface area (Å²) < 4.78 is 1.26. The van der Waals surface area contributed by atoms with Gasteiger partial charge in [-0.2, -0.15) is 5.26 Å². The van der Waals surface area contributed by atoms with E-state index in [1.165, 1.54) is 10.1 Å². The van der Waals surface area contributed by atoms with Crippen LogP contribution < -0.4 is 5.32 Å². The minimum Gasteiger partial charge on any atom is -0.340 e. The number of aryl methyl sites for hydroxylation is 1. The van der Waals surface area contributed by atoms with E-state index in [4.69, 9.17) is 5.26 Å². The van der Waals surface area contributed by atoms with Gasteiger partial charge in [0.05, 0.1) is 11.6 Å². The number of rotatable bonds is 2. The van der Waals surface area contributed by atoms with E-state index in [1.807, 2.05) is 13.0 Å². The number of nitrogens with one attached hydrogen (secondary N) is 1. The smallest absolute Gasteiger partial charge is 0.131 e. The number of nitrogens with zero attached hydrogens (tertiary/aromatic N) is 2. The summed E-state index contributed by atoms with van der Waals surface area (Å²) in [6.07, 6.45) is 0. The molecule has 4 heteroatoms. The number of pyridine rings is 1. The van der Waals surface area contributed by atoms with E-state index >= 15 is 0 Å². The Labute approximate surface area is 115 Å². The van der Waals surface area contributed by atoms with Crippen molar-refractivity contribution in [2.24, 2.45) is 0 Å². The summed E-state index contributed by atoms with van der Waals surface area (Å²) in [7, 11) is 0. The minimum atomic E-state index is 0.617. The van der Waals surface area contributed by atoms with Crippen LogP contribution >= 0.6 is 11.3 Å². The summed E-state index contributed by atoms with van der Waals surface area (Å²) in [5.41, 5.74) is 2.43. The average Bonchev–Trinajstić information content (AvgIpc) is 2.85. The zero-order valence-electron chi connectivity index (χ0n) is 10.3. The van der Waals surface area contributed by atoms with Crippen LogP contribution in [0, 0.1) is 18.3 Å². The molecule has 0 atom stereocenters. The van der Waals surface area contributed by atoms with Gasteiger partial charge in [0, 0.05) is 16.1 Å². The SMILES string of the molecule is Cc1cc(C#N)cc(Nc2ccc3sccc3c2)n1. The first kappa shape index (κ1) is 11.7. The fourth-order valence-corrected chi connectivity index (χ4v) is 2.76. The van der Waals surface area contributed by atoms with Gasteiger partial charge in [-0.15, -0.1) is 11.3 Å². The molecule has 3 nitrogen and oxygen atoms in total. The maximum absolute atomic E-state index is 8.96. The molecule has 0 saturated carbocycles. The lowest BCUT2D eigenvalue weighted by atomic mass is 10.2. The summed E-state index contributed by atoms with van der Waals surface area (Å²) in [6.45, 7) is 1.88. The van der Waals surface area contributed by atoms with Crippen molar-refractivity contribution in [3.63, 3.8) is 0 Å². The Kier molecular flexibility index (Phi) is 2.90. The van der Waals surface area contributed by atoms with Gasteiger partial charge in [0.2, 0.25) is 0 Å². The van der Waals surface area contributed by atoms with Crippen LogP contribution in [0.2, 0.25) is 0 Å². The Bertz CT molecular complexity index is 783. The average molecular weight is 265 g/mol. The number of nitriles is 1. The minimum absolute atomic E-state index is 0.617. The molecule has 3 rings (SSSR count). The first-order valence-corrected chi connectivity index (χ1v) is 6.76. The molecule has 0 aliphatic rings. The monoisotopic (exact) mass is 265 g/mol. The van der Waals surface area contributed by atoms with Gasteiger partial charge >= 0.3 is 0 Å². The standard InChI is InChI=1S/C15H11N3S/c1-10-6-11(9-16)7-15(17-10)18-13-2-3-14-12(8-13)4-5-19-14/h2-8H,1H3,(H,17,18). The lowest BCUT2D eigenvalue weighted by Crippen LogP contribution is -1.95. The van der Waals surface area contributed by atoms with Gasteiger partial charge in [0.25, 0.3) is 0 Å². The Balaban J connectivity index is 1.96. The fourth-order valence-electron chi connectivity index (χ4n) is 1.99. The van der Waals surface area contributed by atoms with Crippen molar-refractivity contribution in [3.8, 4) is 6.07 Å².